The Morgan fingerprint density at radius 2 is 2.18 bits per heavy atom. The van der Waals surface area contributed by atoms with Gasteiger partial charge in [-0.15, -0.1) is 0 Å². The van der Waals surface area contributed by atoms with Gasteiger partial charge in [0, 0.05) is 11.0 Å². The first-order valence-corrected chi connectivity index (χ1v) is 5.67. The number of rotatable bonds is 2. The van der Waals surface area contributed by atoms with Gasteiger partial charge >= 0.3 is 5.97 Å². The first-order valence-electron chi connectivity index (χ1n) is 5.67. The summed E-state index contributed by atoms with van der Waals surface area (Å²) in [5, 5.41) is 0. The lowest BCUT2D eigenvalue weighted by molar-refractivity contribution is -0.142. The van der Waals surface area contributed by atoms with Crippen molar-refractivity contribution in [3.8, 4) is 0 Å². The monoisotopic (exact) mass is 232 g/mol. The highest BCUT2D eigenvalue weighted by Gasteiger charge is 2.43. The lowest BCUT2D eigenvalue weighted by atomic mass is 9.83. The van der Waals surface area contributed by atoms with Crippen molar-refractivity contribution in [1.82, 2.24) is 0 Å². The summed E-state index contributed by atoms with van der Waals surface area (Å²) in [6.45, 7) is 3.84. The predicted molar refractivity (Wildman–Crippen MR) is 64.0 cm³/mol. The molecule has 0 N–H and O–H groups in total. The van der Waals surface area contributed by atoms with E-state index in [1.54, 1.807) is 0 Å². The third-order valence-corrected chi connectivity index (χ3v) is 3.40. The van der Waals surface area contributed by atoms with E-state index in [4.69, 9.17) is 0 Å². The van der Waals surface area contributed by atoms with E-state index in [-0.39, 0.29) is 18.2 Å². The summed E-state index contributed by atoms with van der Waals surface area (Å²) in [6.07, 6.45) is 0.772. The van der Waals surface area contributed by atoms with Crippen molar-refractivity contribution in [3.05, 3.63) is 34.9 Å². The van der Waals surface area contributed by atoms with E-state index in [0.29, 0.717) is 6.42 Å². The van der Waals surface area contributed by atoms with Crippen LogP contribution in [0.3, 0.4) is 0 Å². The Morgan fingerprint density at radius 3 is 2.82 bits per heavy atom. The molecule has 1 aromatic carbocycles. The number of hydrogen-bond donors (Lipinski definition) is 0. The fraction of sp³-hybridized carbons (Fsp3) is 0.429. The van der Waals surface area contributed by atoms with Crippen LogP contribution in [-0.4, -0.2) is 18.9 Å². The molecule has 0 radical (unpaired) electrons. The van der Waals surface area contributed by atoms with Gasteiger partial charge in [-0.1, -0.05) is 30.7 Å². The average molecular weight is 232 g/mol. The van der Waals surface area contributed by atoms with E-state index in [1.807, 2.05) is 32.0 Å². The molecular formula is C14H16O3. The highest BCUT2D eigenvalue weighted by Crippen LogP contribution is 2.39. The van der Waals surface area contributed by atoms with Gasteiger partial charge < -0.3 is 4.74 Å². The van der Waals surface area contributed by atoms with Crippen LogP contribution in [0.5, 0.6) is 0 Å². The number of fused-ring (bicyclic) bond motifs is 1. The van der Waals surface area contributed by atoms with E-state index in [2.05, 4.69) is 4.74 Å². The average Bonchev–Trinajstić information content (AvgIpc) is 2.50. The van der Waals surface area contributed by atoms with Crippen LogP contribution in [-0.2, 0) is 16.0 Å². The van der Waals surface area contributed by atoms with Crippen molar-refractivity contribution >= 4 is 11.8 Å². The van der Waals surface area contributed by atoms with Crippen LogP contribution in [0, 0.1) is 12.3 Å². The number of ketones is 1. The maximum Gasteiger partial charge on any atom is 0.306 e. The van der Waals surface area contributed by atoms with Gasteiger partial charge in [-0.05, 0) is 18.9 Å². The van der Waals surface area contributed by atoms with Gasteiger partial charge in [-0.25, -0.2) is 0 Å². The van der Waals surface area contributed by atoms with Crippen molar-refractivity contribution in [2.75, 3.05) is 7.11 Å². The van der Waals surface area contributed by atoms with Crippen molar-refractivity contribution in [2.45, 2.75) is 26.7 Å². The molecule has 17 heavy (non-hydrogen) atoms. The first-order chi connectivity index (χ1) is 7.96. The molecule has 1 unspecified atom stereocenters. The Labute approximate surface area is 101 Å². The Bertz CT molecular complexity index is 490. The molecule has 1 aliphatic carbocycles. The topological polar surface area (TPSA) is 43.4 Å². The number of ether oxygens (including phenoxy) is 1. The molecule has 90 valence electrons. The zero-order chi connectivity index (χ0) is 12.6. The molecule has 1 aromatic rings. The second-order valence-electron chi connectivity index (χ2n) is 4.98. The summed E-state index contributed by atoms with van der Waals surface area (Å²) >= 11 is 0. The van der Waals surface area contributed by atoms with Crippen LogP contribution < -0.4 is 0 Å². The predicted octanol–water partition coefficient (Wildman–Crippen LogP) is 2.30. The minimum atomic E-state index is -0.636. The Morgan fingerprint density at radius 1 is 1.47 bits per heavy atom. The maximum atomic E-state index is 12.3. The highest BCUT2D eigenvalue weighted by atomic mass is 16.5. The van der Waals surface area contributed by atoms with Gasteiger partial charge in [-0.2, -0.15) is 0 Å². The summed E-state index contributed by atoms with van der Waals surface area (Å²) in [6, 6.07) is 5.81. The molecule has 0 spiro atoms. The first kappa shape index (κ1) is 11.8. The van der Waals surface area contributed by atoms with Crippen LogP contribution in [0.15, 0.2) is 18.2 Å². The van der Waals surface area contributed by atoms with Crippen molar-refractivity contribution in [2.24, 2.45) is 5.41 Å². The smallest absolute Gasteiger partial charge is 0.306 e. The SMILES string of the molecule is COC(=O)CC1(C)Cc2cc(C)ccc2C1=O. The molecule has 1 atom stereocenters. The molecule has 1 aliphatic rings. The fourth-order valence-corrected chi connectivity index (χ4v) is 2.45. The summed E-state index contributed by atoms with van der Waals surface area (Å²) < 4.78 is 4.66. The molecule has 0 saturated carbocycles. The van der Waals surface area contributed by atoms with Gasteiger partial charge in [0.1, 0.15) is 0 Å². The molecule has 0 bridgehead atoms. The number of Topliss-reactive ketones (excluding diaryl/α,β-unsaturated/α-hetero) is 1. The molecule has 3 nitrogen and oxygen atoms in total. The van der Waals surface area contributed by atoms with Gasteiger partial charge in [0.2, 0.25) is 0 Å². The van der Waals surface area contributed by atoms with Gasteiger partial charge in [0.25, 0.3) is 0 Å². The molecule has 2 rings (SSSR count). The third kappa shape index (κ3) is 1.97. The number of carbonyl (C=O) groups excluding carboxylic acids is 2. The molecular weight excluding hydrogens is 216 g/mol. The summed E-state index contributed by atoms with van der Waals surface area (Å²) in [5.74, 6) is -0.275. The van der Waals surface area contributed by atoms with Crippen molar-refractivity contribution in [3.63, 3.8) is 0 Å². The number of carbonyl (C=O) groups is 2. The van der Waals surface area contributed by atoms with Crippen molar-refractivity contribution < 1.29 is 14.3 Å². The standard InChI is InChI=1S/C14H16O3/c1-9-4-5-11-10(6-9)7-14(2,13(11)16)8-12(15)17-3/h4-6H,7-8H2,1-3H3. The van der Waals surface area contributed by atoms with E-state index in [1.165, 1.54) is 7.11 Å². The summed E-state index contributed by atoms with van der Waals surface area (Å²) in [4.78, 5) is 23.6. The lowest BCUT2D eigenvalue weighted by Gasteiger charge is -2.19. The summed E-state index contributed by atoms with van der Waals surface area (Å²) in [7, 11) is 1.35. The Hall–Kier alpha value is -1.64. The molecule has 0 saturated heterocycles. The molecule has 0 fully saturated rings. The molecule has 0 amide bonds. The van der Waals surface area contributed by atoms with E-state index < -0.39 is 5.41 Å². The second-order valence-corrected chi connectivity index (χ2v) is 4.98. The third-order valence-electron chi connectivity index (χ3n) is 3.40. The fourth-order valence-electron chi connectivity index (χ4n) is 2.45. The quantitative estimate of drug-likeness (QED) is 0.735. The Kier molecular flexibility index (Phi) is 2.77. The molecule has 0 aliphatic heterocycles. The minimum Gasteiger partial charge on any atom is -0.469 e. The van der Waals surface area contributed by atoms with Crippen LogP contribution in [0.4, 0.5) is 0 Å². The number of aryl methyl sites for hydroxylation is 1. The van der Waals surface area contributed by atoms with Crippen molar-refractivity contribution in [1.29, 1.82) is 0 Å². The van der Waals surface area contributed by atoms with Crippen LogP contribution in [0.25, 0.3) is 0 Å². The van der Waals surface area contributed by atoms with Crippen LogP contribution in [0.2, 0.25) is 0 Å². The molecule has 3 heteroatoms. The number of methoxy groups -OCH3 is 1. The minimum absolute atomic E-state index is 0.0536. The zero-order valence-electron chi connectivity index (χ0n) is 10.4. The summed E-state index contributed by atoms with van der Waals surface area (Å²) in [5.41, 5.74) is 2.30. The zero-order valence-corrected chi connectivity index (χ0v) is 10.4. The highest BCUT2D eigenvalue weighted by molar-refractivity contribution is 6.06. The maximum absolute atomic E-state index is 12.3. The Balaban J connectivity index is 2.33. The lowest BCUT2D eigenvalue weighted by Crippen LogP contribution is -2.28. The van der Waals surface area contributed by atoms with Crippen LogP contribution in [0.1, 0.15) is 34.8 Å². The van der Waals surface area contributed by atoms with Gasteiger partial charge in [-0.3, -0.25) is 9.59 Å². The normalized spacial score (nSPS) is 22.4. The van der Waals surface area contributed by atoms with Crippen LogP contribution >= 0.6 is 0 Å². The number of benzene rings is 1. The van der Waals surface area contributed by atoms with E-state index >= 15 is 0 Å². The number of esters is 1. The second kappa shape index (κ2) is 3.99. The van der Waals surface area contributed by atoms with E-state index in [0.717, 1.165) is 16.7 Å². The van der Waals surface area contributed by atoms with E-state index in [9.17, 15) is 9.59 Å². The molecule has 0 aromatic heterocycles. The van der Waals surface area contributed by atoms with Gasteiger partial charge in [0.05, 0.1) is 13.5 Å². The van der Waals surface area contributed by atoms with Gasteiger partial charge in [0.15, 0.2) is 5.78 Å². The number of hydrogen-bond acceptors (Lipinski definition) is 3. The largest absolute Gasteiger partial charge is 0.469 e. The molecule has 0 heterocycles.